The van der Waals surface area contributed by atoms with Crippen LogP contribution in [-0.2, 0) is 0 Å². The molecule has 4 heteroatoms. The van der Waals surface area contributed by atoms with E-state index in [4.69, 9.17) is 0 Å². The number of hydrogen-bond donors (Lipinski definition) is 1. The van der Waals surface area contributed by atoms with Crippen LogP contribution in [0.5, 0.6) is 0 Å². The molecule has 17 heavy (non-hydrogen) atoms. The molecule has 2 aromatic carbocycles. The van der Waals surface area contributed by atoms with Crippen LogP contribution in [0.25, 0.3) is 0 Å². The molecule has 2 nitrogen and oxygen atoms in total. The lowest BCUT2D eigenvalue weighted by atomic mass is 10.2. The average Bonchev–Trinajstić information content (AvgIpc) is 2.35. The van der Waals surface area contributed by atoms with Crippen LogP contribution >= 0.6 is 15.9 Å². The lowest BCUT2D eigenvalue weighted by molar-refractivity contribution is 0.621. The van der Waals surface area contributed by atoms with Crippen molar-refractivity contribution in [2.45, 2.75) is 0 Å². The molecule has 0 radical (unpaired) electrons. The van der Waals surface area contributed by atoms with Gasteiger partial charge < -0.3 is 0 Å². The van der Waals surface area contributed by atoms with Crippen molar-refractivity contribution in [3.8, 4) is 0 Å². The molecule has 0 aliphatic heterocycles. The highest BCUT2D eigenvalue weighted by Gasteiger charge is 1.97. The maximum atomic E-state index is 13.0. The van der Waals surface area contributed by atoms with Crippen LogP contribution < -0.4 is 5.43 Å². The van der Waals surface area contributed by atoms with Gasteiger partial charge in [0.2, 0.25) is 0 Å². The Morgan fingerprint density at radius 2 is 1.88 bits per heavy atom. The van der Waals surface area contributed by atoms with Gasteiger partial charge >= 0.3 is 0 Å². The highest BCUT2D eigenvalue weighted by atomic mass is 79.9. The molecule has 0 aliphatic rings. The molecule has 0 saturated heterocycles. The van der Waals surface area contributed by atoms with E-state index in [1.165, 1.54) is 6.07 Å². The molecule has 0 fully saturated rings. The van der Waals surface area contributed by atoms with Gasteiger partial charge in [0.1, 0.15) is 5.82 Å². The van der Waals surface area contributed by atoms with Crippen LogP contribution in [0.3, 0.4) is 0 Å². The zero-order valence-electron chi connectivity index (χ0n) is 8.90. The third kappa shape index (κ3) is 3.39. The van der Waals surface area contributed by atoms with Gasteiger partial charge in [0, 0.05) is 0 Å². The van der Waals surface area contributed by atoms with Crippen LogP contribution in [0.1, 0.15) is 5.56 Å². The third-order valence-corrected chi connectivity index (χ3v) is 2.73. The van der Waals surface area contributed by atoms with Gasteiger partial charge in [-0.15, -0.1) is 0 Å². The fraction of sp³-hybridized carbons (Fsp3) is 0. The average molecular weight is 293 g/mol. The van der Waals surface area contributed by atoms with Gasteiger partial charge in [-0.05, 0) is 45.8 Å². The number of para-hydroxylation sites is 1. The summed E-state index contributed by atoms with van der Waals surface area (Å²) in [6, 6.07) is 14.3. The first-order valence-corrected chi connectivity index (χ1v) is 5.84. The predicted octanol–water partition coefficient (Wildman–Crippen LogP) is 4.03. The SMILES string of the molecule is Fc1ccc(C=NNc2ccccc2)cc1Br. The predicted molar refractivity (Wildman–Crippen MR) is 71.8 cm³/mol. The monoisotopic (exact) mass is 292 g/mol. The normalized spacial score (nSPS) is 10.7. The molecule has 0 aliphatic carbocycles. The van der Waals surface area contributed by atoms with Crippen molar-refractivity contribution in [1.29, 1.82) is 0 Å². The van der Waals surface area contributed by atoms with Gasteiger partial charge in [-0.25, -0.2) is 4.39 Å². The smallest absolute Gasteiger partial charge is 0.137 e. The first-order valence-electron chi connectivity index (χ1n) is 5.05. The Hall–Kier alpha value is -1.68. The van der Waals surface area contributed by atoms with Crippen LogP contribution in [0, 0.1) is 5.82 Å². The van der Waals surface area contributed by atoms with E-state index in [2.05, 4.69) is 26.5 Å². The lowest BCUT2D eigenvalue weighted by Gasteiger charge is -1.99. The number of rotatable bonds is 3. The summed E-state index contributed by atoms with van der Waals surface area (Å²) in [5, 5.41) is 4.06. The summed E-state index contributed by atoms with van der Waals surface area (Å²) in [5.74, 6) is -0.279. The fourth-order valence-electron chi connectivity index (χ4n) is 1.29. The van der Waals surface area contributed by atoms with Crippen molar-refractivity contribution in [3.05, 3.63) is 64.4 Å². The minimum atomic E-state index is -0.279. The summed E-state index contributed by atoms with van der Waals surface area (Å²) in [5.41, 5.74) is 4.62. The zero-order valence-corrected chi connectivity index (χ0v) is 10.5. The largest absolute Gasteiger partial charge is 0.279 e. The molecule has 0 saturated carbocycles. The molecule has 0 heterocycles. The standard InChI is InChI=1S/C13H10BrFN2/c14-12-8-10(6-7-13(12)15)9-16-17-11-4-2-1-3-5-11/h1-9,17H. The van der Waals surface area contributed by atoms with Gasteiger partial charge in [0.15, 0.2) is 0 Å². The first-order chi connectivity index (χ1) is 8.25. The fourth-order valence-corrected chi connectivity index (χ4v) is 1.68. The molecule has 0 unspecified atom stereocenters. The highest BCUT2D eigenvalue weighted by molar-refractivity contribution is 9.10. The van der Waals surface area contributed by atoms with E-state index < -0.39 is 0 Å². The van der Waals surface area contributed by atoms with E-state index >= 15 is 0 Å². The van der Waals surface area contributed by atoms with Crippen LogP contribution in [-0.4, -0.2) is 6.21 Å². The number of nitrogens with zero attached hydrogens (tertiary/aromatic N) is 1. The molecule has 2 aromatic rings. The topological polar surface area (TPSA) is 24.4 Å². The van der Waals surface area contributed by atoms with E-state index in [9.17, 15) is 4.39 Å². The van der Waals surface area contributed by atoms with E-state index in [0.717, 1.165) is 11.3 Å². The van der Waals surface area contributed by atoms with Crippen LogP contribution in [0.2, 0.25) is 0 Å². The molecule has 0 atom stereocenters. The van der Waals surface area contributed by atoms with Gasteiger partial charge in [-0.3, -0.25) is 5.43 Å². The van der Waals surface area contributed by atoms with E-state index in [0.29, 0.717) is 4.47 Å². The Kier molecular flexibility index (Phi) is 3.88. The first kappa shape index (κ1) is 11.8. The van der Waals surface area contributed by atoms with Crippen molar-refractivity contribution >= 4 is 27.8 Å². The molecular weight excluding hydrogens is 283 g/mol. The minimum absolute atomic E-state index is 0.279. The minimum Gasteiger partial charge on any atom is -0.279 e. The summed E-state index contributed by atoms with van der Waals surface area (Å²) >= 11 is 3.13. The Morgan fingerprint density at radius 1 is 1.12 bits per heavy atom. The molecular formula is C13H10BrFN2. The number of benzene rings is 2. The molecule has 2 rings (SSSR count). The number of halogens is 2. The van der Waals surface area contributed by atoms with Crippen LogP contribution in [0.4, 0.5) is 10.1 Å². The number of anilines is 1. The van der Waals surface area contributed by atoms with Crippen molar-refractivity contribution < 1.29 is 4.39 Å². The Morgan fingerprint density at radius 3 is 2.59 bits per heavy atom. The zero-order chi connectivity index (χ0) is 12.1. The summed E-state index contributed by atoms with van der Waals surface area (Å²) in [6.07, 6.45) is 1.64. The highest BCUT2D eigenvalue weighted by Crippen LogP contribution is 2.15. The second-order valence-electron chi connectivity index (χ2n) is 3.41. The molecule has 0 amide bonds. The molecule has 0 spiro atoms. The van der Waals surface area contributed by atoms with Gasteiger partial charge in [0.25, 0.3) is 0 Å². The van der Waals surface area contributed by atoms with Gasteiger partial charge in [-0.1, -0.05) is 24.3 Å². The summed E-state index contributed by atoms with van der Waals surface area (Å²) in [6.45, 7) is 0. The van der Waals surface area contributed by atoms with Crippen molar-refractivity contribution in [2.24, 2.45) is 5.10 Å². The van der Waals surface area contributed by atoms with E-state index in [1.54, 1.807) is 18.3 Å². The second-order valence-corrected chi connectivity index (χ2v) is 4.26. The third-order valence-electron chi connectivity index (χ3n) is 2.12. The van der Waals surface area contributed by atoms with Crippen molar-refractivity contribution in [1.82, 2.24) is 0 Å². The molecule has 0 bridgehead atoms. The van der Waals surface area contributed by atoms with E-state index in [1.807, 2.05) is 30.3 Å². The molecule has 0 aromatic heterocycles. The Bertz CT molecular complexity index is 526. The van der Waals surface area contributed by atoms with Crippen molar-refractivity contribution in [2.75, 3.05) is 5.43 Å². The summed E-state index contributed by atoms with van der Waals surface area (Å²) in [4.78, 5) is 0. The summed E-state index contributed by atoms with van der Waals surface area (Å²) < 4.78 is 13.4. The maximum absolute atomic E-state index is 13.0. The Balaban J connectivity index is 2.03. The van der Waals surface area contributed by atoms with Gasteiger partial charge in [0.05, 0.1) is 16.4 Å². The molecule has 1 N–H and O–H groups in total. The van der Waals surface area contributed by atoms with Crippen LogP contribution in [0.15, 0.2) is 58.1 Å². The Labute approximate surface area is 107 Å². The molecule has 86 valence electrons. The summed E-state index contributed by atoms with van der Waals surface area (Å²) in [7, 11) is 0. The van der Waals surface area contributed by atoms with Gasteiger partial charge in [-0.2, -0.15) is 5.10 Å². The number of hydrogen-bond acceptors (Lipinski definition) is 2. The number of nitrogens with one attached hydrogen (secondary N) is 1. The quantitative estimate of drug-likeness (QED) is 0.670. The second kappa shape index (κ2) is 5.59. The maximum Gasteiger partial charge on any atom is 0.137 e. The number of hydrazone groups is 1. The lowest BCUT2D eigenvalue weighted by Crippen LogP contribution is -1.90. The van der Waals surface area contributed by atoms with Crippen molar-refractivity contribution in [3.63, 3.8) is 0 Å². The van der Waals surface area contributed by atoms with E-state index in [-0.39, 0.29) is 5.82 Å².